The molecule has 0 unspecified atom stereocenters. The quantitative estimate of drug-likeness (QED) is 0.888. The smallest absolute Gasteiger partial charge is 0.0332 e. The molecule has 1 aromatic carbocycles. The third kappa shape index (κ3) is 3.87. The van der Waals surface area contributed by atoms with Gasteiger partial charge in [-0.3, -0.25) is 4.90 Å². The van der Waals surface area contributed by atoms with E-state index in [-0.39, 0.29) is 5.54 Å². The summed E-state index contributed by atoms with van der Waals surface area (Å²) in [6, 6.07) is 8.84. The Hall–Kier alpha value is -0.860. The van der Waals surface area contributed by atoms with E-state index in [9.17, 15) is 0 Å². The Balaban J connectivity index is 2.03. The molecule has 1 aliphatic rings. The van der Waals surface area contributed by atoms with Crippen LogP contribution in [0.4, 0.5) is 0 Å². The molecule has 2 heteroatoms. The second-order valence-electron chi connectivity index (χ2n) is 7.36. The van der Waals surface area contributed by atoms with Crippen LogP contribution in [-0.4, -0.2) is 24.0 Å². The van der Waals surface area contributed by atoms with Crippen LogP contribution in [-0.2, 0) is 6.54 Å². The van der Waals surface area contributed by atoms with Crippen LogP contribution in [0.3, 0.4) is 0 Å². The fourth-order valence-corrected chi connectivity index (χ4v) is 3.84. The molecule has 2 N–H and O–H groups in total. The third-order valence-corrected chi connectivity index (χ3v) is 5.60. The van der Waals surface area contributed by atoms with Crippen molar-refractivity contribution >= 4 is 0 Å². The van der Waals surface area contributed by atoms with Gasteiger partial charge in [0.05, 0.1) is 0 Å². The fourth-order valence-electron chi connectivity index (χ4n) is 3.84. The molecule has 118 valence electrons. The van der Waals surface area contributed by atoms with Crippen molar-refractivity contribution < 1.29 is 0 Å². The number of aryl methyl sites for hydroxylation is 1. The van der Waals surface area contributed by atoms with Crippen molar-refractivity contribution in [3.63, 3.8) is 0 Å². The van der Waals surface area contributed by atoms with Crippen LogP contribution < -0.4 is 5.73 Å². The maximum atomic E-state index is 6.20. The van der Waals surface area contributed by atoms with Crippen molar-refractivity contribution in [3.8, 4) is 0 Å². The predicted octanol–water partition coefficient (Wildman–Crippen LogP) is 3.97. The molecule has 0 bridgehead atoms. The van der Waals surface area contributed by atoms with Gasteiger partial charge in [-0.05, 0) is 57.1 Å². The topological polar surface area (TPSA) is 29.3 Å². The van der Waals surface area contributed by atoms with Crippen molar-refractivity contribution in [3.05, 3.63) is 35.4 Å². The number of hydrogen-bond donors (Lipinski definition) is 1. The Kier molecular flexibility index (Phi) is 5.45. The molecule has 2 rings (SSSR count). The molecule has 0 aliphatic heterocycles. The number of nitrogens with zero attached hydrogens (tertiary/aromatic N) is 1. The molecule has 0 atom stereocenters. The number of benzene rings is 1. The molecule has 0 saturated heterocycles. The van der Waals surface area contributed by atoms with Crippen LogP contribution in [0.15, 0.2) is 24.3 Å². The minimum atomic E-state index is 0.204. The Morgan fingerprint density at radius 3 is 2.48 bits per heavy atom. The molecule has 1 aromatic rings. The first-order valence-electron chi connectivity index (χ1n) is 8.44. The highest BCUT2D eigenvalue weighted by atomic mass is 15.2. The van der Waals surface area contributed by atoms with E-state index in [0.29, 0.717) is 0 Å². The van der Waals surface area contributed by atoms with Crippen LogP contribution in [0.1, 0.15) is 50.7 Å². The van der Waals surface area contributed by atoms with Gasteiger partial charge in [-0.2, -0.15) is 0 Å². The summed E-state index contributed by atoms with van der Waals surface area (Å²) in [4.78, 5) is 2.51. The summed E-state index contributed by atoms with van der Waals surface area (Å²) in [5, 5.41) is 0. The lowest BCUT2D eigenvalue weighted by Crippen LogP contribution is -2.54. The van der Waals surface area contributed by atoms with Crippen LogP contribution in [0.25, 0.3) is 0 Å². The summed E-state index contributed by atoms with van der Waals surface area (Å²) < 4.78 is 0. The van der Waals surface area contributed by atoms with Crippen LogP contribution in [0.2, 0.25) is 0 Å². The van der Waals surface area contributed by atoms with E-state index in [4.69, 9.17) is 5.73 Å². The van der Waals surface area contributed by atoms with Crippen LogP contribution in [0.5, 0.6) is 0 Å². The Morgan fingerprint density at radius 2 is 1.95 bits per heavy atom. The van der Waals surface area contributed by atoms with Gasteiger partial charge in [-0.1, -0.05) is 43.7 Å². The number of likely N-dealkylation sites (N-methyl/N-ethyl adjacent to an activating group) is 1. The van der Waals surface area contributed by atoms with E-state index >= 15 is 0 Å². The van der Waals surface area contributed by atoms with Gasteiger partial charge in [-0.15, -0.1) is 0 Å². The van der Waals surface area contributed by atoms with E-state index in [1.54, 1.807) is 0 Å². The molecular formula is C19H32N2. The maximum Gasteiger partial charge on any atom is 0.0332 e. The van der Waals surface area contributed by atoms with Gasteiger partial charge in [0.2, 0.25) is 0 Å². The second-order valence-corrected chi connectivity index (χ2v) is 7.36. The summed E-state index contributed by atoms with van der Waals surface area (Å²) in [5.74, 6) is 1.69. The summed E-state index contributed by atoms with van der Waals surface area (Å²) >= 11 is 0. The molecule has 0 spiro atoms. The average Bonchev–Trinajstić information content (AvgIpc) is 2.47. The molecular weight excluding hydrogens is 256 g/mol. The molecule has 0 aromatic heterocycles. The molecule has 0 heterocycles. The minimum Gasteiger partial charge on any atom is -0.329 e. The molecule has 1 aliphatic carbocycles. The van der Waals surface area contributed by atoms with Crippen molar-refractivity contribution in [1.82, 2.24) is 4.90 Å². The van der Waals surface area contributed by atoms with E-state index in [2.05, 4.69) is 57.0 Å². The number of rotatable bonds is 5. The number of nitrogens with two attached hydrogens (primary N) is 1. The highest BCUT2D eigenvalue weighted by molar-refractivity contribution is 5.22. The zero-order chi connectivity index (χ0) is 15.5. The lowest BCUT2D eigenvalue weighted by atomic mass is 9.72. The van der Waals surface area contributed by atoms with Crippen molar-refractivity contribution in [2.45, 2.75) is 58.5 Å². The molecule has 1 saturated carbocycles. The monoisotopic (exact) mass is 288 g/mol. The first kappa shape index (κ1) is 16.5. The standard InChI is InChI=1S/C19H32N2/c1-15(2)18-8-10-19(14-20,11-9-18)21(4)13-17-7-5-6-16(3)12-17/h5-7,12,15,18H,8-11,13-14,20H2,1-4H3. The number of hydrogen-bond acceptors (Lipinski definition) is 2. The highest BCUT2D eigenvalue weighted by Gasteiger charge is 2.38. The van der Waals surface area contributed by atoms with Gasteiger partial charge in [0.25, 0.3) is 0 Å². The molecule has 0 amide bonds. The van der Waals surface area contributed by atoms with E-state index in [1.165, 1.54) is 36.8 Å². The predicted molar refractivity (Wildman–Crippen MR) is 91.2 cm³/mol. The first-order chi connectivity index (χ1) is 9.97. The summed E-state index contributed by atoms with van der Waals surface area (Å²) in [6.45, 7) is 8.66. The maximum absolute atomic E-state index is 6.20. The fraction of sp³-hybridized carbons (Fsp3) is 0.684. The Labute approximate surface area is 130 Å². The second kappa shape index (κ2) is 6.93. The lowest BCUT2D eigenvalue weighted by molar-refractivity contribution is 0.0497. The molecule has 0 radical (unpaired) electrons. The highest BCUT2D eigenvalue weighted by Crippen LogP contribution is 2.38. The summed E-state index contributed by atoms with van der Waals surface area (Å²) in [5.41, 5.74) is 9.14. The van der Waals surface area contributed by atoms with Gasteiger partial charge < -0.3 is 5.73 Å². The average molecular weight is 288 g/mol. The van der Waals surface area contributed by atoms with Gasteiger partial charge in [0.1, 0.15) is 0 Å². The summed E-state index contributed by atoms with van der Waals surface area (Å²) in [6.07, 6.45) is 5.14. The summed E-state index contributed by atoms with van der Waals surface area (Å²) in [7, 11) is 2.25. The Morgan fingerprint density at radius 1 is 1.29 bits per heavy atom. The van der Waals surface area contributed by atoms with Gasteiger partial charge in [0.15, 0.2) is 0 Å². The normalized spacial score (nSPS) is 26.5. The van der Waals surface area contributed by atoms with E-state index in [0.717, 1.165) is 24.9 Å². The SMILES string of the molecule is Cc1cccc(CN(C)C2(CN)CCC(C(C)C)CC2)c1. The lowest BCUT2D eigenvalue weighted by Gasteiger charge is -2.47. The van der Waals surface area contributed by atoms with E-state index < -0.39 is 0 Å². The van der Waals surface area contributed by atoms with Crippen LogP contribution in [0, 0.1) is 18.8 Å². The minimum absolute atomic E-state index is 0.204. The molecule has 1 fully saturated rings. The van der Waals surface area contributed by atoms with Crippen LogP contribution >= 0.6 is 0 Å². The van der Waals surface area contributed by atoms with Crippen molar-refractivity contribution in [1.29, 1.82) is 0 Å². The zero-order valence-corrected chi connectivity index (χ0v) is 14.2. The third-order valence-electron chi connectivity index (χ3n) is 5.60. The molecule has 2 nitrogen and oxygen atoms in total. The Bertz CT molecular complexity index is 445. The van der Waals surface area contributed by atoms with Gasteiger partial charge >= 0.3 is 0 Å². The largest absolute Gasteiger partial charge is 0.329 e. The van der Waals surface area contributed by atoms with Gasteiger partial charge in [-0.25, -0.2) is 0 Å². The first-order valence-corrected chi connectivity index (χ1v) is 8.44. The van der Waals surface area contributed by atoms with E-state index in [1.807, 2.05) is 0 Å². The van der Waals surface area contributed by atoms with Crippen molar-refractivity contribution in [2.75, 3.05) is 13.6 Å². The van der Waals surface area contributed by atoms with Crippen molar-refractivity contribution in [2.24, 2.45) is 17.6 Å². The molecule has 21 heavy (non-hydrogen) atoms. The zero-order valence-electron chi connectivity index (χ0n) is 14.2. The van der Waals surface area contributed by atoms with Gasteiger partial charge in [0, 0.05) is 18.6 Å².